The third-order valence-electron chi connectivity index (χ3n) is 1.71. The maximum Gasteiger partial charge on any atom is 0.246 e. The molecule has 1 amide bonds. The highest BCUT2D eigenvalue weighted by atomic mass is 16.5. The van der Waals surface area contributed by atoms with Crippen LogP contribution in [-0.4, -0.2) is 37.1 Å². The van der Waals surface area contributed by atoms with Crippen molar-refractivity contribution in [3.8, 4) is 0 Å². The summed E-state index contributed by atoms with van der Waals surface area (Å²) in [5, 5.41) is 0. The van der Waals surface area contributed by atoms with Crippen LogP contribution in [0.1, 0.15) is 6.42 Å². The lowest BCUT2D eigenvalue weighted by atomic mass is 10.4. The summed E-state index contributed by atoms with van der Waals surface area (Å²) in [5.74, 6) is 0.00972. The van der Waals surface area contributed by atoms with Crippen LogP contribution in [0.15, 0.2) is 12.7 Å². The Kier molecular flexibility index (Phi) is 3.11. The van der Waals surface area contributed by atoms with E-state index in [-0.39, 0.29) is 5.91 Å². The summed E-state index contributed by atoms with van der Waals surface area (Å²) in [7, 11) is 0. The summed E-state index contributed by atoms with van der Waals surface area (Å²) < 4.78 is 5.19. The van der Waals surface area contributed by atoms with E-state index >= 15 is 0 Å². The van der Waals surface area contributed by atoms with Crippen molar-refractivity contribution >= 4 is 5.91 Å². The Morgan fingerprint density at radius 2 is 2.27 bits per heavy atom. The van der Waals surface area contributed by atoms with Crippen LogP contribution in [0.2, 0.25) is 0 Å². The van der Waals surface area contributed by atoms with Crippen molar-refractivity contribution in [1.82, 2.24) is 4.90 Å². The van der Waals surface area contributed by atoms with Gasteiger partial charge in [0.25, 0.3) is 0 Å². The number of rotatable bonds is 1. The molecule has 0 aliphatic carbocycles. The van der Waals surface area contributed by atoms with Gasteiger partial charge in [0.15, 0.2) is 0 Å². The normalized spacial score (nSPS) is 19.1. The SMILES string of the molecule is C=CC(=O)N1CCCOCC1. The predicted molar refractivity (Wildman–Crippen MR) is 42.2 cm³/mol. The molecule has 62 valence electrons. The average molecular weight is 155 g/mol. The van der Waals surface area contributed by atoms with Gasteiger partial charge < -0.3 is 9.64 Å². The maximum atomic E-state index is 11.1. The quantitative estimate of drug-likeness (QED) is 0.514. The minimum atomic E-state index is 0.00972. The van der Waals surface area contributed by atoms with Crippen LogP contribution in [0.3, 0.4) is 0 Å². The Hall–Kier alpha value is -0.830. The summed E-state index contributed by atoms with van der Waals surface area (Å²) in [4.78, 5) is 12.8. The molecule has 1 saturated heterocycles. The Bertz CT molecular complexity index is 148. The lowest BCUT2D eigenvalue weighted by Gasteiger charge is -2.16. The number of ether oxygens (including phenoxy) is 1. The topological polar surface area (TPSA) is 29.5 Å². The third kappa shape index (κ3) is 2.35. The van der Waals surface area contributed by atoms with Gasteiger partial charge in [0.05, 0.1) is 6.61 Å². The molecule has 0 unspecified atom stereocenters. The van der Waals surface area contributed by atoms with Gasteiger partial charge in [-0.3, -0.25) is 4.79 Å². The van der Waals surface area contributed by atoms with Gasteiger partial charge in [-0.05, 0) is 12.5 Å². The molecule has 0 saturated carbocycles. The second-order valence-corrected chi connectivity index (χ2v) is 2.50. The molecule has 0 radical (unpaired) electrons. The van der Waals surface area contributed by atoms with Crippen LogP contribution in [-0.2, 0) is 9.53 Å². The molecular formula is C8H13NO2. The summed E-state index contributed by atoms with van der Waals surface area (Å²) >= 11 is 0. The second-order valence-electron chi connectivity index (χ2n) is 2.50. The first-order valence-electron chi connectivity index (χ1n) is 3.83. The van der Waals surface area contributed by atoms with Crippen molar-refractivity contribution < 1.29 is 9.53 Å². The van der Waals surface area contributed by atoms with Crippen molar-refractivity contribution in [2.45, 2.75) is 6.42 Å². The van der Waals surface area contributed by atoms with Crippen LogP contribution in [0.5, 0.6) is 0 Å². The number of carbonyl (C=O) groups excluding carboxylic acids is 1. The van der Waals surface area contributed by atoms with Gasteiger partial charge in [-0.15, -0.1) is 0 Å². The van der Waals surface area contributed by atoms with E-state index < -0.39 is 0 Å². The standard InChI is InChI=1S/C8H13NO2/c1-2-8(10)9-4-3-6-11-7-5-9/h2H,1,3-7H2. The molecule has 11 heavy (non-hydrogen) atoms. The molecule has 0 N–H and O–H groups in total. The van der Waals surface area contributed by atoms with E-state index in [9.17, 15) is 4.79 Å². The summed E-state index contributed by atoms with van der Waals surface area (Å²) in [6.07, 6.45) is 2.28. The Balaban J connectivity index is 2.42. The molecule has 1 heterocycles. The first-order chi connectivity index (χ1) is 5.34. The smallest absolute Gasteiger partial charge is 0.246 e. The molecule has 3 nitrogen and oxygen atoms in total. The van der Waals surface area contributed by atoms with Crippen LogP contribution >= 0.6 is 0 Å². The van der Waals surface area contributed by atoms with Crippen LogP contribution in [0.25, 0.3) is 0 Å². The molecule has 0 atom stereocenters. The van der Waals surface area contributed by atoms with Gasteiger partial charge in [-0.1, -0.05) is 6.58 Å². The largest absolute Gasteiger partial charge is 0.380 e. The highest BCUT2D eigenvalue weighted by Crippen LogP contribution is 1.99. The van der Waals surface area contributed by atoms with Gasteiger partial charge in [0.1, 0.15) is 0 Å². The molecular weight excluding hydrogens is 142 g/mol. The molecule has 1 aliphatic rings. The number of hydrogen-bond donors (Lipinski definition) is 0. The minimum Gasteiger partial charge on any atom is -0.380 e. The molecule has 1 aliphatic heterocycles. The third-order valence-corrected chi connectivity index (χ3v) is 1.71. The van der Waals surface area contributed by atoms with Crippen molar-refractivity contribution in [2.75, 3.05) is 26.3 Å². The van der Waals surface area contributed by atoms with Gasteiger partial charge >= 0.3 is 0 Å². The van der Waals surface area contributed by atoms with Gasteiger partial charge in [0, 0.05) is 19.7 Å². The molecule has 0 aromatic rings. The van der Waals surface area contributed by atoms with E-state index in [0.29, 0.717) is 13.2 Å². The van der Waals surface area contributed by atoms with Gasteiger partial charge in [0.2, 0.25) is 5.91 Å². The van der Waals surface area contributed by atoms with Gasteiger partial charge in [-0.2, -0.15) is 0 Å². The van der Waals surface area contributed by atoms with E-state index in [2.05, 4.69) is 6.58 Å². The lowest BCUT2D eigenvalue weighted by Crippen LogP contribution is -2.31. The molecule has 0 spiro atoms. The van der Waals surface area contributed by atoms with Crippen molar-refractivity contribution in [3.05, 3.63) is 12.7 Å². The van der Waals surface area contributed by atoms with Crippen molar-refractivity contribution in [2.24, 2.45) is 0 Å². The average Bonchev–Trinajstić information content (AvgIpc) is 2.30. The molecule has 0 bridgehead atoms. The predicted octanol–water partition coefficient (Wildman–Crippen LogP) is 0.421. The summed E-state index contributed by atoms with van der Waals surface area (Å²) in [6.45, 7) is 6.35. The van der Waals surface area contributed by atoms with E-state index in [1.807, 2.05) is 0 Å². The Morgan fingerprint density at radius 3 is 3.00 bits per heavy atom. The van der Waals surface area contributed by atoms with E-state index in [0.717, 1.165) is 19.6 Å². The van der Waals surface area contributed by atoms with Crippen molar-refractivity contribution in [1.29, 1.82) is 0 Å². The van der Waals surface area contributed by atoms with E-state index in [1.165, 1.54) is 6.08 Å². The Morgan fingerprint density at radius 1 is 1.45 bits per heavy atom. The molecule has 1 rings (SSSR count). The monoisotopic (exact) mass is 155 g/mol. The van der Waals surface area contributed by atoms with E-state index in [1.54, 1.807) is 4.90 Å². The van der Waals surface area contributed by atoms with Crippen LogP contribution < -0.4 is 0 Å². The first kappa shape index (κ1) is 8.27. The molecule has 0 aromatic carbocycles. The maximum absolute atomic E-state index is 11.1. The minimum absolute atomic E-state index is 0.00972. The molecule has 0 aromatic heterocycles. The second kappa shape index (κ2) is 4.13. The first-order valence-corrected chi connectivity index (χ1v) is 3.83. The zero-order valence-electron chi connectivity index (χ0n) is 6.58. The van der Waals surface area contributed by atoms with Crippen molar-refractivity contribution in [3.63, 3.8) is 0 Å². The summed E-state index contributed by atoms with van der Waals surface area (Å²) in [5.41, 5.74) is 0. The zero-order valence-corrected chi connectivity index (χ0v) is 6.58. The fourth-order valence-corrected chi connectivity index (χ4v) is 1.10. The fraction of sp³-hybridized carbons (Fsp3) is 0.625. The fourth-order valence-electron chi connectivity index (χ4n) is 1.10. The van der Waals surface area contributed by atoms with Gasteiger partial charge in [-0.25, -0.2) is 0 Å². The highest BCUT2D eigenvalue weighted by molar-refractivity contribution is 5.86. The number of amides is 1. The summed E-state index contributed by atoms with van der Waals surface area (Å²) in [6, 6.07) is 0. The molecule has 3 heteroatoms. The number of carbonyl (C=O) groups is 1. The van der Waals surface area contributed by atoms with E-state index in [4.69, 9.17) is 4.74 Å². The number of nitrogens with zero attached hydrogens (tertiary/aromatic N) is 1. The highest BCUT2D eigenvalue weighted by Gasteiger charge is 2.11. The van der Waals surface area contributed by atoms with Crippen LogP contribution in [0.4, 0.5) is 0 Å². The molecule has 1 fully saturated rings. The lowest BCUT2D eigenvalue weighted by molar-refractivity contribution is -0.126. The Labute approximate surface area is 66.6 Å². The zero-order chi connectivity index (χ0) is 8.10. The number of hydrogen-bond acceptors (Lipinski definition) is 2. The van der Waals surface area contributed by atoms with Crippen LogP contribution in [0, 0.1) is 0 Å².